The van der Waals surface area contributed by atoms with Crippen molar-refractivity contribution in [2.45, 2.75) is 13.0 Å². The Hall–Kier alpha value is -1.23. The molecule has 0 saturated carbocycles. The molecule has 0 spiro atoms. The van der Waals surface area contributed by atoms with Gasteiger partial charge in [0.15, 0.2) is 0 Å². The smallest absolute Gasteiger partial charge is 0.0794 e. The van der Waals surface area contributed by atoms with Gasteiger partial charge in [0.25, 0.3) is 0 Å². The van der Waals surface area contributed by atoms with Crippen molar-refractivity contribution in [3.05, 3.63) is 51.8 Å². The SMILES string of the molecule is CCNC(c1cncs1)c1cccc2ccsc12. The molecule has 0 saturated heterocycles. The second-order valence-corrected chi connectivity index (χ2v) is 5.91. The zero-order valence-corrected chi connectivity index (χ0v) is 11.7. The predicted molar refractivity (Wildman–Crippen MR) is 79.5 cm³/mol. The number of hydrogen-bond acceptors (Lipinski definition) is 4. The molecule has 2 heterocycles. The third-order valence-corrected chi connectivity index (χ3v) is 4.78. The van der Waals surface area contributed by atoms with Crippen LogP contribution in [0.5, 0.6) is 0 Å². The first kappa shape index (κ1) is 11.8. The van der Waals surface area contributed by atoms with Crippen LogP contribution >= 0.6 is 22.7 Å². The topological polar surface area (TPSA) is 24.9 Å². The zero-order chi connectivity index (χ0) is 12.4. The summed E-state index contributed by atoms with van der Waals surface area (Å²) >= 11 is 3.52. The fourth-order valence-electron chi connectivity index (χ4n) is 2.18. The number of rotatable bonds is 4. The molecule has 0 aliphatic carbocycles. The second-order valence-electron chi connectivity index (χ2n) is 4.08. The molecule has 18 heavy (non-hydrogen) atoms. The highest BCUT2D eigenvalue weighted by molar-refractivity contribution is 7.17. The van der Waals surface area contributed by atoms with Crippen molar-refractivity contribution in [1.29, 1.82) is 0 Å². The van der Waals surface area contributed by atoms with Gasteiger partial charge in [-0.25, -0.2) is 0 Å². The van der Waals surface area contributed by atoms with E-state index in [4.69, 9.17) is 0 Å². The van der Waals surface area contributed by atoms with Crippen LogP contribution in [0.25, 0.3) is 10.1 Å². The summed E-state index contributed by atoms with van der Waals surface area (Å²) in [5.74, 6) is 0. The van der Waals surface area contributed by atoms with Gasteiger partial charge < -0.3 is 5.32 Å². The van der Waals surface area contributed by atoms with Gasteiger partial charge in [-0.2, -0.15) is 0 Å². The molecule has 92 valence electrons. The molecule has 1 atom stereocenters. The van der Waals surface area contributed by atoms with Gasteiger partial charge in [-0.3, -0.25) is 4.98 Å². The fraction of sp³-hybridized carbons (Fsp3) is 0.214. The quantitative estimate of drug-likeness (QED) is 0.776. The molecule has 2 nitrogen and oxygen atoms in total. The fourth-order valence-corrected chi connectivity index (χ4v) is 3.84. The van der Waals surface area contributed by atoms with Gasteiger partial charge in [-0.15, -0.1) is 22.7 Å². The maximum atomic E-state index is 4.20. The highest BCUT2D eigenvalue weighted by Gasteiger charge is 2.17. The monoisotopic (exact) mass is 274 g/mol. The van der Waals surface area contributed by atoms with Crippen molar-refractivity contribution < 1.29 is 0 Å². The minimum absolute atomic E-state index is 0.254. The summed E-state index contributed by atoms with van der Waals surface area (Å²) in [6, 6.07) is 8.95. The van der Waals surface area contributed by atoms with Crippen molar-refractivity contribution in [2.75, 3.05) is 6.54 Å². The molecule has 0 amide bonds. The summed E-state index contributed by atoms with van der Waals surface area (Å²) in [4.78, 5) is 5.48. The minimum Gasteiger partial charge on any atom is -0.306 e. The van der Waals surface area contributed by atoms with Crippen LogP contribution in [0.3, 0.4) is 0 Å². The van der Waals surface area contributed by atoms with Crippen molar-refractivity contribution in [2.24, 2.45) is 0 Å². The zero-order valence-electron chi connectivity index (χ0n) is 10.1. The lowest BCUT2D eigenvalue weighted by Crippen LogP contribution is -2.21. The highest BCUT2D eigenvalue weighted by Crippen LogP contribution is 2.33. The van der Waals surface area contributed by atoms with Crippen LogP contribution in [0.2, 0.25) is 0 Å². The first-order valence-corrected chi connectivity index (χ1v) is 7.74. The minimum atomic E-state index is 0.254. The van der Waals surface area contributed by atoms with Crippen LogP contribution in [-0.2, 0) is 0 Å². The molecule has 0 radical (unpaired) electrons. The Morgan fingerprint density at radius 2 is 2.22 bits per heavy atom. The molecule has 0 aliphatic rings. The summed E-state index contributed by atoms with van der Waals surface area (Å²) in [5.41, 5.74) is 3.25. The number of benzene rings is 1. The van der Waals surface area contributed by atoms with Crippen LogP contribution in [0.15, 0.2) is 41.4 Å². The van der Waals surface area contributed by atoms with Crippen LogP contribution in [0.1, 0.15) is 23.4 Å². The Labute approximate surface area is 114 Å². The summed E-state index contributed by atoms with van der Waals surface area (Å²) in [5, 5.41) is 7.04. The summed E-state index contributed by atoms with van der Waals surface area (Å²) in [6.45, 7) is 3.09. The van der Waals surface area contributed by atoms with E-state index in [1.165, 1.54) is 20.5 Å². The summed E-state index contributed by atoms with van der Waals surface area (Å²) in [7, 11) is 0. The summed E-state index contributed by atoms with van der Waals surface area (Å²) < 4.78 is 1.37. The molecule has 0 fully saturated rings. The first-order chi connectivity index (χ1) is 8.90. The molecular formula is C14H14N2S2. The highest BCUT2D eigenvalue weighted by atomic mass is 32.1. The lowest BCUT2D eigenvalue weighted by atomic mass is 10.0. The number of aromatic nitrogens is 1. The van der Waals surface area contributed by atoms with Crippen LogP contribution < -0.4 is 5.32 Å². The average Bonchev–Trinajstić information content (AvgIpc) is 3.06. The molecule has 2 aromatic heterocycles. The maximum Gasteiger partial charge on any atom is 0.0794 e. The number of nitrogens with one attached hydrogen (secondary N) is 1. The van der Waals surface area contributed by atoms with Gasteiger partial charge in [-0.1, -0.05) is 25.1 Å². The number of hydrogen-bond donors (Lipinski definition) is 1. The third kappa shape index (κ3) is 2.07. The summed E-state index contributed by atoms with van der Waals surface area (Å²) in [6.07, 6.45) is 1.96. The van der Waals surface area contributed by atoms with E-state index in [2.05, 4.69) is 46.9 Å². The Bertz CT molecular complexity index is 628. The Balaban J connectivity index is 2.12. The van der Waals surface area contributed by atoms with Crippen molar-refractivity contribution in [3.8, 4) is 0 Å². The Kier molecular flexibility index (Phi) is 3.41. The van der Waals surface area contributed by atoms with E-state index in [-0.39, 0.29) is 6.04 Å². The van der Waals surface area contributed by atoms with E-state index in [9.17, 15) is 0 Å². The van der Waals surface area contributed by atoms with Gasteiger partial charge in [0, 0.05) is 15.8 Å². The van der Waals surface area contributed by atoms with Crippen molar-refractivity contribution in [1.82, 2.24) is 10.3 Å². The van der Waals surface area contributed by atoms with E-state index >= 15 is 0 Å². The maximum absolute atomic E-state index is 4.20. The van der Waals surface area contributed by atoms with Crippen LogP contribution in [-0.4, -0.2) is 11.5 Å². The van der Waals surface area contributed by atoms with Gasteiger partial charge in [0.05, 0.1) is 11.6 Å². The van der Waals surface area contributed by atoms with E-state index < -0.39 is 0 Å². The van der Waals surface area contributed by atoms with E-state index in [0.29, 0.717) is 0 Å². The third-order valence-electron chi connectivity index (χ3n) is 2.96. The molecule has 1 unspecified atom stereocenters. The van der Waals surface area contributed by atoms with Crippen molar-refractivity contribution >= 4 is 32.8 Å². The molecule has 0 bridgehead atoms. The lowest BCUT2D eigenvalue weighted by Gasteiger charge is -2.17. The number of thiophene rings is 1. The molecule has 4 heteroatoms. The standard InChI is InChI=1S/C14H14N2S2/c1-2-16-13(12-8-15-9-18-12)11-5-3-4-10-6-7-17-14(10)11/h3-9,13,16H,2H2,1H3. The second kappa shape index (κ2) is 5.18. The molecular weight excluding hydrogens is 260 g/mol. The average molecular weight is 274 g/mol. The number of nitrogens with zero attached hydrogens (tertiary/aromatic N) is 1. The molecule has 3 aromatic rings. The van der Waals surface area contributed by atoms with Gasteiger partial charge in [0.2, 0.25) is 0 Å². The molecule has 1 aromatic carbocycles. The molecule has 0 aliphatic heterocycles. The van der Waals surface area contributed by atoms with E-state index in [0.717, 1.165) is 6.54 Å². The van der Waals surface area contributed by atoms with Crippen molar-refractivity contribution in [3.63, 3.8) is 0 Å². The largest absolute Gasteiger partial charge is 0.306 e. The molecule has 3 rings (SSSR count). The normalized spacial score (nSPS) is 12.9. The van der Waals surface area contributed by atoms with Gasteiger partial charge >= 0.3 is 0 Å². The van der Waals surface area contributed by atoms with Gasteiger partial charge in [0.1, 0.15) is 0 Å². The van der Waals surface area contributed by atoms with Crippen LogP contribution in [0, 0.1) is 0 Å². The Morgan fingerprint density at radius 3 is 3.00 bits per heavy atom. The van der Waals surface area contributed by atoms with E-state index in [1.807, 2.05) is 23.0 Å². The number of thiazole rings is 1. The lowest BCUT2D eigenvalue weighted by molar-refractivity contribution is 0.643. The number of fused-ring (bicyclic) bond motifs is 1. The molecule has 1 N–H and O–H groups in total. The predicted octanol–water partition coefficient (Wildman–Crippen LogP) is 4.06. The first-order valence-electron chi connectivity index (χ1n) is 5.98. The van der Waals surface area contributed by atoms with E-state index in [1.54, 1.807) is 11.3 Å². The van der Waals surface area contributed by atoms with Gasteiger partial charge in [-0.05, 0) is 28.9 Å². The van der Waals surface area contributed by atoms with Crippen LogP contribution in [0.4, 0.5) is 0 Å². The Morgan fingerprint density at radius 1 is 1.28 bits per heavy atom.